The van der Waals surface area contributed by atoms with Gasteiger partial charge in [-0.05, 0) is 32.0 Å². The molecule has 0 radical (unpaired) electrons. The molecule has 0 aliphatic carbocycles. The highest BCUT2D eigenvalue weighted by molar-refractivity contribution is 7.18. The Morgan fingerprint density at radius 1 is 1.16 bits per heavy atom. The molecule has 0 saturated heterocycles. The Kier molecular flexibility index (Phi) is 4.96. The number of hydrogen-bond acceptors (Lipinski definition) is 9. The number of pyridine rings is 1. The van der Waals surface area contributed by atoms with Crippen LogP contribution in [0.2, 0.25) is 0 Å². The van der Waals surface area contributed by atoms with Crippen molar-refractivity contribution in [2.45, 2.75) is 20.0 Å². The molecule has 0 amide bonds. The van der Waals surface area contributed by atoms with E-state index in [0.29, 0.717) is 11.4 Å². The van der Waals surface area contributed by atoms with E-state index < -0.39 is 5.97 Å². The zero-order valence-corrected chi connectivity index (χ0v) is 14.3. The van der Waals surface area contributed by atoms with E-state index in [1.807, 2.05) is 0 Å². The minimum absolute atomic E-state index is 0.0487. The maximum atomic E-state index is 12.4. The maximum Gasteiger partial charge on any atom is 0.351 e. The van der Waals surface area contributed by atoms with Crippen LogP contribution in [0.3, 0.4) is 0 Å². The summed E-state index contributed by atoms with van der Waals surface area (Å²) in [7, 11) is 0. The molecule has 0 atom stereocenters. The van der Waals surface area contributed by atoms with Crippen LogP contribution in [0, 0.1) is 0 Å². The summed E-state index contributed by atoms with van der Waals surface area (Å²) in [4.78, 5) is 29.1. The average molecular weight is 357 g/mol. The third-order valence-corrected chi connectivity index (χ3v) is 3.99. The van der Waals surface area contributed by atoms with Crippen LogP contribution in [-0.4, -0.2) is 37.2 Å². The summed E-state index contributed by atoms with van der Waals surface area (Å²) in [6.07, 6.45) is 4.31. The minimum atomic E-state index is -0.526. The molecule has 0 fully saturated rings. The van der Waals surface area contributed by atoms with Crippen molar-refractivity contribution in [1.29, 1.82) is 0 Å². The van der Waals surface area contributed by atoms with Crippen LogP contribution in [-0.2, 0) is 4.74 Å². The lowest BCUT2D eigenvalue weighted by Gasteiger charge is -2.09. The van der Waals surface area contributed by atoms with Crippen LogP contribution in [0.4, 0.5) is 11.1 Å². The SMILES string of the molecule is CC(C)OC(=O)c1sc(N(O)c2ncccn2)nc1-c1ccccn1. The van der Waals surface area contributed by atoms with Gasteiger partial charge in [0.2, 0.25) is 5.13 Å². The van der Waals surface area contributed by atoms with E-state index in [-0.39, 0.29) is 22.1 Å². The number of thiazole rings is 1. The van der Waals surface area contributed by atoms with Gasteiger partial charge in [0.15, 0.2) is 0 Å². The third-order valence-electron chi connectivity index (χ3n) is 2.97. The maximum absolute atomic E-state index is 12.4. The molecular weight excluding hydrogens is 342 g/mol. The molecule has 3 heterocycles. The monoisotopic (exact) mass is 357 g/mol. The van der Waals surface area contributed by atoms with Crippen LogP contribution in [0.15, 0.2) is 42.9 Å². The fraction of sp³-hybridized carbons (Fsp3) is 0.188. The predicted octanol–water partition coefficient (Wildman–Crippen LogP) is 3.09. The number of ether oxygens (including phenoxy) is 1. The molecule has 1 N–H and O–H groups in total. The molecule has 0 spiro atoms. The fourth-order valence-electron chi connectivity index (χ4n) is 1.97. The number of aromatic nitrogens is 4. The molecule has 3 aromatic heterocycles. The zero-order chi connectivity index (χ0) is 17.8. The second-order valence-electron chi connectivity index (χ2n) is 5.20. The minimum Gasteiger partial charge on any atom is -0.459 e. The first kappa shape index (κ1) is 16.9. The lowest BCUT2D eigenvalue weighted by molar-refractivity contribution is 0.0384. The van der Waals surface area contributed by atoms with Gasteiger partial charge in [-0.3, -0.25) is 10.2 Å². The second kappa shape index (κ2) is 7.32. The van der Waals surface area contributed by atoms with E-state index in [9.17, 15) is 10.0 Å². The Morgan fingerprint density at radius 3 is 2.52 bits per heavy atom. The summed E-state index contributed by atoms with van der Waals surface area (Å²) in [5.74, 6) is -0.477. The zero-order valence-electron chi connectivity index (χ0n) is 13.5. The van der Waals surface area contributed by atoms with Crippen molar-refractivity contribution in [3.63, 3.8) is 0 Å². The van der Waals surface area contributed by atoms with Crippen LogP contribution in [0.5, 0.6) is 0 Å². The van der Waals surface area contributed by atoms with Gasteiger partial charge in [-0.1, -0.05) is 17.4 Å². The van der Waals surface area contributed by atoms with Crippen molar-refractivity contribution in [1.82, 2.24) is 19.9 Å². The fourth-order valence-corrected chi connectivity index (χ4v) is 2.83. The Bertz CT molecular complexity index is 855. The highest BCUT2D eigenvalue weighted by Gasteiger charge is 2.25. The molecule has 25 heavy (non-hydrogen) atoms. The number of carbonyl (C=O) groups excluding carboxylic acids is 1. The molecule has 0 bridgehead atoms. The lowest BCUT2D eigenvalue weighted by atomic mass is 10.2. The first-order chi connectivity index (χ1) is 12.1. The van der Waals surface area contributed by atoms with Crippen molar-refractivity contribution in [3.8, 4) is 11.4 Å². The topological polar surface area (TPSA) is 101 Å². The molecule has 0 aliphatic heterocycles. The number of esters is 1. The van der Waals surface area contributed by atoms with Crippen LogP contribution in [0.25, 0.3) is 11.4 Å². The molecule has 3 aromatic rings. The number of carbonyl (C=O) groups is 1. The van der Waals surface area contributed by atoms with Gasteiger partial charge in [0.05, 0.1) is 11.8 Å². The summed E-state index contributed by atoms with van der Waals surface area (Å²) < 4.78 is 5.27. The van der Waals surface area contributed by atoms with Gasteiger partial charge in [-0.2, -0.15) is 5.06 Å². The Morgan fingerprint density at radius 2 is 1.88 bits per heavy atom. The molecule has 8 nitrogen and oxygen atoms in total. The smallest absolute Gasteiger partial charge is 0.351 e. The van der Waals surface area contributed by atoms with Crippen LogP contribution in [0.1, 0.15) is 23.5 Å². The number of anilines is 2. The van der Waals surface area contributed by atoms with Gasteiger partial charge in [-0.15, -0.1) is 0 Å². The summed E-state index contributed by atoms with van der Waals surface area (Å²) in [6, 6.07) is 6.91. The predicted molar refractivity (Wildman–Crippen MR) is 91.9 cm³/mol. The van der Waals surface area contributed by atoms with E-state index in [1.165, 1.54) is 12.4 Å². The third kappa shape index (κ3) is 3.78. The van der Waals surface area contributed by atoms with Crippen LogP contribution < -0.4 is 5.06 Å². The van der Waals surface area contributed by atoms with E-state index in [2.05, 4.69) is 19.9 Å². The van der Waals surface area contributed by atoms with Gasteiger partial charge in [0, 0.05) is 18.6 Å². The van der Waals surface area contributed by atoms with Crippen molar-refractivity contribution < 1.29 is 14.7 Å². The molecule has 128 valence electrons. The number of rotatable bonds is 5. The molecular formula is C16H15N5O3S. The molecule has 0 unspecified atom stereocenters. The molecule has 0 saturated carbocycles. The number of hydrogen-bond donors (Lipinski definition) is 1. The lowest BCUT2D eigenvalue weighted by Crippen LogP contribution is -2.13. The summed E-state index contributed by atoms with van der Waals surface area (Å²) in [6.45, 7) is 3.52. The molecule has 0 aromatic carbocycles. The standard InChI is InChI=1S/C16H15N5O3S/c1-10(2)24-14(22)13-12(11-6-3-4-7-17-11)20-16(25-13)21(23)15-18-8-5-9-19-15/h3-10,23H,1-2H3. The van der Waals surface area contributed by atoms with Gasteiger partial charge < -0.3 is 4.74 Å². The van der Waals surface area contributed by atoms with Crippen molar-refractivity contribution >= 4 is 28.4 Å². The molecule has 3 rings (SSSR count). The first-order valence-corrected chi connectivity index (χ1v) is 8.27. The summed E-state index contributed by atoms with van der Waals surface area (Å²) >= 11 is 0.978. The largest absolute Gasteiger partial charge is 0.459 e. The van der Waals surface area contributed by atoms with Crippen molar-refractivity contribution in [2.24, 2.45) is 0 Å². The van der Waals surface area contributed by atoms with Gasteiger partial charge in [-0.25, -0.2) is 19.7 Å². The molecule has 0 aliphatic rings. The van der Waals surface area contributed by atoms with Gasteiger partial charge in [0.25, 0.3) is 5.95 Å². The quantitative estimate of drug-likeness (QED) is 0.549. The highest BCUT2D eigenvalue weighted by atomic mass is 32.1. The number of nitrogens with zero attached hydrogens (tertiary/aromatic N) is 5. The normalized spacial score (nSPS) is 10.7. The Hall–Kier alpha value is -2.91. The summed E-state index contributed by atoms with van der Waals surface area (Å²) in [5, 5.41) is 11.2. The van der Waals surface area contributed by atoms with E-state index in [4.69, 9.17) is 4.74 Å². The van der Waals surface area contributed by atoms with Crippen molar-refractivity contribution in [2.75, 3.05) is 5.06 Å². The highest BCUT2D eigenvalue weighted by Crippen LogP contribution is 2.34. The van der Waals surface area contributed by atoms with Gasteiger partial charge in [0.1, 0.15) is 10.6 Å². The van der Waals surface area contributed by atoms with Crippen LogP contribution >= 0.6 is 11.3 Å². The van der Waals surface area contributed by atoms with E-state index >= 15 is 0 Å². The van der Waals surface area contributed by atoms with E-state index in [0.717, 1.165) is 16.4 Å². The van der Waals surface area contributed by atoms with E-state index in [1.54, 1.807) is 44.3 Å². The van der Waals surface area contributed by atoms with Crippen molar-refractivity contribution in [3.05, 3.63) is 47.7 Å². The Balaban J connectivity index is 2.04. The second-order valence-corrected chi connectivity index (χ2v) is 6.18. The Labute approximate surface area is 147 Å². The molecule has 9 heteroatoms. The average Bonchev–Trinajstić information content (AvgIpc) is 3.07. The first-order valence-electron chi connectivity index (χ1n) is 7.45. The van der Waals surface area contributed by atoms with Gasteiger partial charge >= 0.3 is 5.97 Å². The summed E-state index contributed by atoms with van der Waals surface area (Å²) in [5.41, 5.74) is 0.837.